The van der Waals surface area contributed by atoms with Crippen molar-refractivity contribution in [3.63, 3.8) is 0 Å². The van der Waals surface area contributed by atoms with Gasteiger partial charge in [-0.3, -0.25) is 19.8 Å². The van der Waals surface area contributed by atoms with Gasteiger partial charge in [-0.05, 0) is 24.3 Å². The molecule has 1 aliphatic heterocycles. The molecule has 1 N–H and O–H groups in total. The molecule has 25 heavy (non-hydrogen) atoms. The van der Waals surface area contributed by atoms with Crippen molar-refractivity contribution in [2.75, 3.05) is 26.2 Å². The van der Waals surface area contributed by atoms with Crippen LogP contribution in [0.3, 0.4) is 0 Å². The maximum atomic E-state index is 12.5. The third-order valence-corrected chi connectivity index (χ3v) is 4.48. The number of hydrogen-bond acceptors (Lipinski definition) is 3. The lowest BCUT2D eigenvalue weighted by Crippen LogP contribution is -3.10. The molecule has 2 aromatic carbocycles. The van der Waals surface area contributed by atoms with Crippen LogP contribution in [0.2, 0.25) is 5.02 Å². The highest BCUT2D eigenvalue weighted by molar-refractivity contribution is 6.30. The summed E-state index contributed by atoms with van der Waals surface area (Å²) in [6.45, 7) is 2.84. The van der Waals surface area contributed by atoms with Gasteiger partial charge < -0.3 is 17.3 Å². The van der Waals surface area contributed by atoms with Crippen molar-refractivity contribution in [3.05, 3.63) is 69.2 Å². The molecule has 0 unspecified atom stereocenters. The van der Waals surface area contributed by atoms with Gasteiger partial charge in [-0.25, -0.2) is 0 Å². The number of hydrogen-bond donors (Lipinski definition) is 1. The van der Waals surface area contributed by atoms with E-state index in [0.29, 0.717) is 23.7 Å². The van der Waals surface area contributed by atoms with Crippen molar-refractivity contribution in [2.24, 2.45) is 0 Å². The standard InChI is InChI=1S/C17H16ClN3O3.ClH/c18-14-3-1-13(2-4-14)17(22)20-11-9-19(10-12-20)15-5-7-16(8-6-15)21(23)24;/h1-8H,9-12H2;1H. The topological polar surface area (TPSA) is 67.9 Å². The smallest absolute Gasteiger partial charge is 0.269 e. The van der Waals surface area contributed by atoms with Crippen LogP contribution in [0.25, 0.3) is 0 Å². The van der Waals surface area contributed by atoms with Gasteiger partial charge in [0, 0.05) is 34.9 Å². The van der Waals surface area contributed by atoms with E-state index < -0.39 is 4.92 Å². The summed E-state index contributed by atoms with van der Waals surface area (Å²) in [6.07, 6.45) is 0. The maximum absolute atomic E-state index is 12.5. The molecular formula is C17H17Cl2N3O3. The molecule has 8 heteroatoms. The summed E-state index contributed by atoms with van der Waals surface area (Å²) in [5, 5.41) is 11.3. The molecule has 1 aliphatic rings. The first kappa shape index (κ1) is 19.2. The highest BCUT2D eigenvalue weighted by Gasteiger charge is 2.25. The number of nitro benzene ring substituents is 1. The lowest BCUT2D eigenvalue weighted by molar-refractivity contribution is -0.837. The number of rotatable bonds is 3. The fourth-order valence-corrected chi connectivity index (χ4v) is 2.99. The van der Waals surface area contributed by atoms with E-state index in [1.807, 2.05) is 4.90 Å². The summed E-state index contributed by atoms with van der Waals surface area (Å²) in [7, 11) is 0. The van der Waals surface area contributed by atoms with E-state index in [-0.39, 0.29) is 24.0 Å². The zero-order valence-electron chi connectivity index (χ0n) is 13.3. The Balaban J connectivity index is 0.00000225. The Labute approximate surface area is 156 Å². The van der Waals surface area contributed by atoms with Gasteiger partial charge in [0.05, 0.1) is 31.1 Å². The number of benzene rings is 2. The summed E-state index contributed by atoms with van der Waals surface area (Å²) >= 11 is 5.85. The van der Waals surface area contributed by atoms with Crippen LogP contribution < -0.4 is 17.3 Å². The van der Waals surface area contributed by atoms with E-state index in [9.17, 15) is 14.9 Å². The van der Waals surface area contributed by atoms with Crippen molar-refractivity contribution < 1.29 is 27.0 Å². The molecule has 1 saturated heterocycles. The summed E-state index contributed by atoms with van der Waals surface area (Å²) in [5.74, 6) is 0.00872. The Morgan fingerprint density at radius 3 is 2.12 bits per heavy atom. The largest absolute Gasteiger partial charge is 1.00 e. The molecule has 2 aromatic rings. The minimum Gasteiger partial charge on any atom is -1.00 e. The van der Waals surface area contributed by atoms with Crippen molar-refractivity contribution in [1.29, 1.82) is 0 Å². The zero-order valence-corrected chi connectivity index (χ0v) is 14.8. The summed E-state index contributed by atoms with van der Waals surface area (Å²) < 4.78 is 0. The summed E-state index contributed by atoms with van der Waals surface area (Å²) in [4.78, 5) is 25.8. The number of carbonyl (C=O) groups excluding carboxylic acids is 1. The predicted molar refractivity (Wildman–Crippen MR) is 90.8 cm³/mol. The van der Waals surface area contributed by atoms with E-state index in [4.69, 9.17) is 11.6 Å². The molecule has 0 aromatic heterocycles. The van der Waals surface area contributed by atoms with Crippen LogP contribution in [-0.4, -0.2) is 41.9 Å². The van der Waals surface area contributed by atoms with Crippen LogP contribution >= 0.6 is 11.6 Å². The van der Waals surface area contributed by atoms with Crippen molar-refractivity contribution in [2.45, 2.75) is 0 Å². The number of nitro groups is 1. The maximum Gasteiger partial charge on any atom is 0.269 e. The van der Waals surface area contributed by atoms with Gasteiger partial charge in [-0.2, -0.15) is 0 Å². The third-order valence-electron chi connectivity index (χ3n) is 4.23. The van der Waals surface area contributed by atoms with Crippen molar-refractivity contribution in [3.8, 4) is 0 Å². The number of quaternary nitrogens is 1. The highest BCUT2D eigenvalue weighted by Crippen LogP contribution is 2.14. The molecule has 0 bridgehead atoms. The minimum absolute atomic E-state index is 0. The van der Waals surface area contributed by atoms with E-state index >= 15 is 0 Å². The van der Waals surface area contributed by atoms with Gasteiger partial charge >= 0.3 is 0 Å². The third kappa shape index (κ3) is 4.48. The van der Waals surface area contributed by atoms with Crippen LogP contribution in [0, 0.1) is 10.1 Å². The summed E-state index contributed by atoms with van der Waals surface area (Å²) in [6, 6.07) is 13.5. The van der Waals surface area contributed by atoms with E-state index in [1.54, 1.807) is 36.4 Å². The number of halogens is 2. The molecule has 1 amide bonds. The first-order chi connectivity index (χ1) is 11.5. The van der Waals surface area contributed by atoms with E-state index in [2.05, 4.69) is 0 Å². The van der Waals surface area contributed by atoms with Crippen molar-refractivity contribution >= 4 is 28.9 Å². The lowest BCUT2D eigenvalue weighted by atomic mass is 10.1. The SMILES string of the molecule is O=C(c1ccc(Cl)cc1)N1CC[NH+](c2ccc([N+](=O)[O-])cc2)CC1.[Cl-]. The highest BCUT2D eigenvalue weighted by atomic mass is 35.5. The number of carbonyl (C=O) groups is 1. The molecule has 1 heterocycles. The van der Waals surface area contributed by atoms with Gasteiger partial charge in [-0.1, -0.05) is 11.6 Å². The van der Waals surface area contributed by atoms with Gasteiger partial charge in [0.25, 0.3) is 11.6 Å². The van der Waals surface area contributed by atoms with Gasteiger partial charge in [0.2, 0.25) is 0 Å². The molecule has 1 fully saturated rings. The molecule has 0 saturated carbocycles. The van der Waals surface area contributed by atoms with Crippen LogP contribution in [-0.2, 0) is 0 Å². The molecule has 0 atom stereocenters. The van der Waals surface area contributed by atoms with Crippen LogP contribution in [0.4, 0.5) is 11.4 Å². The Bertz CT molecular complexity index is 743. The number of nitrogens with one attached hydrogen (secondary N) is 1. The van der Waals surface area contributed by atoms with Gasteiger partial charge in [-0.15, -0.1) is 0 Å². The average Bonchev–Trinajstić information content (AvgIpc) is 2.62. The second kappa shape index (κ2) is 8.29. The van der Waals surface area contributed by atoms with Crippen LogP contribution in [0.15, 0.2) is 48.5 Å². The van der Waals surface area contributed by atoms with Crippen molar-refractivity contribution in [1.82, 2.24) is 4.90 Å². The monoisotopic (exact) mass is 381 g/mol. The fourth-order valence-electron chi connectivity index (χ4n) is 2.86. The fraction of sp³-hybridized carbons (Fsp3) is 0.235. The summed E-state index contributed by atoms with van der Waals surface area (Å²) in [5.41, 5.74) is 1.74. The molecule has 0 spiro atoms. The quantitative estimate of drug-likeness (QED) is 0.543. The van der Waals surface area contributed by atoms with Gasteiger partial charge in [0.15, 0.2) is 0 Å². The second-order valence-corrected chi connectivity index (χ2v) is 6.14. The number of piperazine rings is 1. The first-order valence-corrected chi connectivity index (χ1v) is 8.07. The second-order valence-electron chi connectivity index (χ2n) is 5.71. The molecule has 0 aliphatic carbocycles. The number of non-ortho nitro benzene ring substituents is 1. The van der Waals surface area contributed by atoms with Gasteiger partial charge in [0.1, 0.15) is 5.69 Å². The number of nitrogens with zero attached hydrogens (tertiary/aromatic N) is 2. The Morgan fingerprint density at radius 2 is 1.60 bits per heavy atom. The predicted octanol–water partition coefficient (Wildman–Crippen LogP) is -1.08. The first-order valence-electron chi connectivity index (χ1n) is 7.69. The normalized spacial score (nSPS) is 14.7. The molecular weight excluding hydrogens is 365 g/mol. The zero-order chi connectivity index (χ0) is 17.1. The van der Waals surface area contributed by atoms with E-state index in [0.717, 1.165) is 18.8 Å². The Morgan fingerprint density at radius 1 is 1.04 bits per heavy atom. The molecule has 0 radical (unpaired) electrons. The van der Waals surface area contributed by atoms with Crippen LogP contribution in [0.5, 0.6) is 0 Å². The minimum atomic E-state index is -0.401. The Hall–Kier alpha value is -2.15. The lowest BCUT2D eigenvalue weighted by Gasteiger charge is -2.32. The molecule has 3 rings (SSSR count). The Kier molecular flexibility index (Phi) is 6.36. The average molecular weight is 382 g/mol. The molecule has 132 valence electrons. The molecule has 6 nitrogen and oxygen atoms in total. The van der Waals surface area contributed by atoms with E-state index in [1.165, 1.54) is 17.0 Å². The number of amides is 1. The van der Waals surface area contributed by atoms with Crippen LogP contribution in [0.1, 0.15) is 10.4 Å².